The second kappa shape index (κ2) is 24.0. The van der Waals surface area contributed by atoms with Crippen LogP contribution in [0.15, 0.2) is 42.5 Å². The minimum absolute atomic E-state index is 0.187. The number of carbonyl (C=O) groups excluding carboxylic acids is 1. The van der Waals surface area contributed by atoms with Crippen LogP contribution in [0.3, 0.4) is 0 Å². The standard InChI is InChI=1S/C19H28O.C15H23N.C6H13NO.C2H6/c1-13(7-9-15(3)18(6)20)11-17(5)19-12-14(2)8-10-16(19)4;1-13-7-8-15(12-14(13)2)6-5-11-16-9-3-4-10-16;8-6-7-4-2-1-3-5-7;1-2/h8,10-13,15H,7,9H2,1-6H3;7-8,12H,3-6,9-11H2,1-2H3;8H,1-6H2;1-2H3/b17-11-;;;. The van der Waals surface area contributed by atoms with E-state index in [1.165, 1.54) is 104 Å². The highest BCUT2D eigenvalue weighted by Gasteiger charge is 2.11. The highest BCUT2D eigenvalue weighted by Crippen LogP contribution is 2.24. The zero-order valence-corrected chi connectivity index (χ0v) is 31.6. The van der Waals surface area contributed by atoms with E-state index in [2.05, 4.69) is 93.8 Å². The zero-order valence-electron chi connectivity index (χ0n) is 31.6. The molecule has 0 bridgehead atoms. The molecule has 2 unspecified atom stereocenters. The summed E-state index contributed by atoms with van der Waals surface area (Å²) >= 11 is 0. The Morgan fingerprint density at radius 1 is 0.783 bits per heavy atom. The third kappa shape index (κ3) is 17.0. The van der Waals surface area contributed by atoms with Crippen LogP contribution in [0.4, 0.5) is 0 Å². The minimum atomic E-state index is 0.187. The van der Waals surface area contributed by atoms with E-state index in [1.807, 2.05) is 20.8 Å². The fourth-order valence-corrected chi connectivity index (χ4v) is 6.05. The lowest BCUT2D eigenvalue weighted by atomic mass is 9.92. The molecule has 2 aromatic rings. The summed E-state index contributed by atoms with van der Waals surface area (Å²) in [5.74, 6) is 0.996. The van der Waals surface area contributed by atoms with Crippen molar-refractivity contribution in [3.05, 3.63) is 75.9 Å². The second-order valence-corrected chi connectivity index (χ2v) is 13.6. The molecule has 0 spiro atoms. The van der Waals surface area contributed by atoms with Gasteiger partial charge in [-0.25, -0.2) is 0 Å². The molecule has 0 aliphatic carbocycles. The van der Waals surface area contributed by atoms with Gasteiger partial charge in [0.25, 0.3) is 0 Å². The van der Waals surface area contributed by atoms with Crippen LogP contribution in [0.2, 0.25) is 0 Å². The summed E-state index contributed by atoms with van der Waals surface area (Å²) in [4.78, 5) is 15.9. The Kier molecular flexibility index (Phi) is 21.7. The topological polar surface area (TPSA) is 43.8 Å². The first-order chi connectivity index (χ1) is 22.0. The van der Waals surface area contributed by atoms with Crippen molar-refractivity contribution in [1.82, 2.24) is 9.80 Å². The number of allylic oxidation sites excluding steroid dienone is 2. The third-order valence-electron chi connectivity index (χ3n) is 9.46. The van der Waals surface area contributed by atoms with E-state index in [0.29, 0.717) is 11.7 Å². The number of benzene rings is 2. The summed E-state index contributed by atoms with van der Waals surface area (Å²) in [7, 11) is 0. The molecule has 1 N–H and O–H groups in total. The molecule has 46 heavy (non-hydrogen) atoms. The molecule has 0 radical (unpaired) electrons. The molecular formula is C42H70N2O2. The number of rotatable bonds is 11. The zero-order chi connectivity index (χ0) is 34.5. The SMILES string of the molecule is CC.CC(=O)C(C)CCC(C)/C=C(/C)c1cc(C)ccc1C.Cc1ccc(CCCN2CCCC2)cc1C.OCN1CCCCC1. The average molecular weight is 635 g/mol. The smallest absolute Gasteiger partial charge is 0.132 e. The maximum absolute atomic E-state index is 11.3. The van der Waals surface area contributed by atoms with Crippen LogP contribution in [-0.2, 0) is 11.2 Å². The Labute approximate surface area is 284 Å². The normalized spacial score (nSPS) is 16.6. The first kappa shape index (κ1) is 41.8. The van der Waals surface area contributed by atoms with E-state index < -0.39 is 0 Å². The van der Waals surface area contributed by atoms with E-state index in [4.69, 9.17) is 5.11 Å². The van der Waals surface area contributed by atoms with Gasteiger partial charge in [-0.1, -0.05) is 82.2 Å². The first-order valence-electron chi connectivity index (χ1n) is 18.4. The Balaban J connectivity index is 0.000000361. The monoisotopic (exact) mass is 635 g/mol. The fraction of sp³-hybridized carbons (Fsp3) is 0.643. The molecule has 2 fully saturated rings. The highest BCUT2D eigenvalue weighted by molar-refractivity contribution is 5.77. The summed E-state index contributed by atoms with van der Waals surface area (Å²) in [5.41, 5.74) is 9.65. The van der Waals surface area contributed by atoms with Gasteiger partial charge in [0.1, 0.15) is 5.78 Å². The second-order valence-electron chi connectivity index (χ2n) is 13.6. The summed E-state index contributed by atoms with van der Waals surface area (Å²) < 4.78 is 0. The van der Waals surface area contributed by atoms with Crippen molar-refractivity contribution in [3.8, 4) is 0 Å². The molecule has 2 heterocycles. The van der Waals surface area contributed by atoms with Crippen molar-refractivity contribution in [3.63, 3.8) is 0 Å². The van der Waals surface area contributed by atoms with Gasteiger partial charge in [0.05, 0.1) is 6.73 Å². The predicted molar refractivity (Wildman–Crippen MR) is 202 cm³/mol. The van der Waals surface area contributed by atoms with Crippen LogP contribution < -0.4 is 0 Å². The lowest BCUT2D eigenvalue weighted by molar-refractivity contribution is -0.120. The van der Waals surface area contributed by atoms with Gasteiger partial charge < -0.3 is 10.0 Å². The number of piperidine rings is 1. The van der Waals surface area contributed by atoms with Gasteiger partial charge in [0, 0.05) is 19.0 Å². The van der Waals surface area contributed by atoms with Crippen LogP contribution in [0, 0.1) is 39.5 Å². The van der Waals surface area contributed by atoms with E-state index in [1.54, 1.807) is 6.92 Å². The van der Waals surface area contributed by atoms with Crippen molar-refractivity contribution in [2.24, 2.45) is 11.8 Å². The van der Waals surface area contributed by atoms with Gasteiger partial charge in [0.15, 0.2) is 0 Å². The number of aryl methyl sites for hydroxylation is 5. The molecule has 2 aliphatic rings. The van der Waals surface area contributed by atoms with Gasteiger partial charge in [-0.15, -0.1) is 0 Å². The number of aliphatic hydroxyl groups is 1. The first-order valence-corrected chi connectivity index (χ1v) is 18.4. The van der Waals surface area contributed by atoms with Crippen molar-refractivity contribution >= 4 is 11.4 Å². The molecule has 2 atom stereocenters. The van der Waals surface area contributed by atoms with Crippen LogP contribution in [0.1, 0.15) is 126 Å². The third-order valence-corrected chi connectivity index (χ3v) is 9.46. The molecule has 0 aromatic heterocycles. The molecule has 4 rings (SSSR count). The lowest BCUT2D eigenvalue weighted by Crippen LogP contribution is -2.30. The molecular weight excluding hydrogens is 564 g/mol. The van der Waals surface area contributed by atoms with Crippen LogP contribution in [-0.4, -0.2) is 60.1 Å². The number of nitrogens with zero attached hydrogens (tertiary/aromatic N) is 2. The van der Waals surface area contributed by atoms with Gasteiger partial charge in [0.2, 0.25) is 0 Å². The van der Waals surface area contributed by atoms with Crippen molar-refractivity contribution in [2.75, 3.05) is 39.5 Å². The maximum Gasteiger partial charge on any atom is 0.132 e. The average Bonchev–Trinajstić information content (AvgIpc) is 3.58. The molecule has 2 aliphatic heterocycles. The van der Waals surface area contributed by atoms with Crippen molar-refractivity contribution in [2.45, 2.75) is 127 Å². The number of ketones is 1. The number of aliphatic hydroxyl groups excluding tert-OH is 1. The fourth-order valence-electron chi connectivity index (χ4n) is 6.05. The van der Waals surface area contributed by atoms with Crippen LogP contribution >= 0.6 is 0 Å². The molecule has 2 saturated heterocycles. The van der Waals surface area contributed by atoms with Gasteiger partial charge >= 0.3 is 0 Å². The van der Waals surface area contributed by atoms with Crippen LogP contribution in [0.25, 0.3) is 5.57 Å². The molecule has 0 saturated carbocycles. The maximum atomic E-state index is 11.3. The number of Topliss-reactive ketones (excluding diaryl/α,β-unsaturated/α-hetero) is 1. The number of likely N-dealkylation sites (tertiary alicyclic amines) is 2. The Morgan fingerprint density at radius 3 is 1.93 bits per heavy atom. The van der Waals surface area contributed by atoms with Crippen molar-refractivity contribution in [1.29, 1.82) is 0 Å². The lowest BCUT2D eigenvalue weighted by Gasteiger charge is -2.23. The quantitative estimate of drug-likeness (QED) is 0.267. The van der Waals surface area contributed by atoms with E-state index in [0.717, 1.165) is 25.9 Å². The summed E-state index contributed by atoms with van der Waals surface area (Å²) in [6.07, 6.45) is 13.6. The molecule has 0 amide bonds. The molecule has 2 aromatic carbocycles. The van der Waals surface area contributed by atoms with E-state index >= 15 is 0 Å². The molecule has 4 nitrogen and oxygen atoms in total. The predicted octanol–water partition coefficient (Wildman–Crippen LogP) is 10.1. The summed E-state index contributed by atoms with van der Waals surface area (Å²) in [6.45, 7) is 27.2. The van der Waals surface area contributed by atoms with Crippen LogP contribution in [0.5, 0.6) is 0 Å². The van der Waals surface area contributed by atoms with Gasteiger partial charge in [-0.2, -0.15) is 0 Å². The summed E-state index contributed by atoms with van der Waals surface area (Å²) in [6, 6.07) is 13.5. The Bertz CT molecular complexity index is 1140. The number of carbonyl (C=O) groups is 1. The molecule has 260 valence electrons. The highest BCUT2D eigenvalue weighted by atomic mass is 16.3. The number of hydrogen-bond acceptors (Lipinski definition) is 4. The number of hydrogen-bond donors (Lipinski definition) is 1. The Morgan fingerprint density at radius 2 is 1.37 bits per heavy atom. The Hall–Kier alpha value is -2.27. The molecule has 4 heteroatoms. The van der Waals surface area contributed by atoms with Gasteiger partial charge in [-0.05, 0) is 152 Å². The minimum Gasteiger partial charge on any atom is -0.381 e. The van der Waals surface area contributed by atoms with E-state index in [-0.39, 0.29) is 12.6 Å². The van der Waals surface area contributed by atoms with E-state index in [9.17, 15) is 4.79 Å². The largest absolute Gasteiger partial charge is 0.381 e. The van der Waals surface area contributed by atoms with Gasteiger partial charge in [-0.3, -0.25) is 9.69 Å². The summed E-state index contributed by atoms with van der Waals surface area (Å²) in [5, 5.41) is 8.62. The van der Waals surface area contributed by atoms with Crippen molar-refractivity contribution < 1.29 is 9.90 Å².